The summed E-state index contributed by atoms with van der Waals surface area (Å²) in [5.74, 6) is -0.462. The Morgan fingerprint density at radius 2 is 1.89 bits per heavy atom. The van der Waals surface area contributed by atoms with Crippen molar-refractivity contribution in [2.75, 3.05) is 39.0 Å². The van der Waals surface area contributed by atoms with Crippen molar-refractivity contribution in [2.24, 2.45) is 23.5 Å². The monoisotopic (exact) mass is 403 g/mol. The molecule has 0 radical (unpaired) electrons. The molecule has 0 amide bonds. The number of hydrogen-bond acceptors (Lipinski definition) is 5. The molecule has 4 aliphatic rings. The van der Waals surface area contributed by atoms with Crippen molar-refractivity contribution in [2.45, 2.75) is 30.8 Å². The molecule has 3 fully saturated rings. The molecule has 3 aliphatic heterocycles. The quantitative estimate of drug-likeness (QED) is 0.750. The minimum absolute atomic E-state index is 0.138. The Morgan fingerprint density at radius 1 is 1.22 bits per heavy atom. The largest absolute Gasteiger partial charge is 0.374 e. The van der Waals surface area contributed by atoms with Crippen LogP contribution in [0.3, 0.4) is 0 Å². The smallest absolute Gasteiger partial charge is 0.211 e. The van der Waals surface area contributed by atoms with Crippen LogP contribution in [0.2, 0.25) is 0 Å². The van der Waals surface area contributed by atoms with Gasteiger partial charge in [0.25, 0.3) is 0 Å². The van der Waals surface area contributed by atoms with Crippen LogP contribution in [0.1, 0.15) is 6.42 Å². The highest BCUT2D eigenvalue weighted by Gasteiger charge is 2.46. The number of fused-ring (bicyclic) bond motifs is 1. The summed E-state index contributed by atoms with van der Waals surface area (Å²) in [7, 11) is -3.13. The number of hydrogen-bond donors (Lipinski definition) is 1. The first-order valence-electron chi connectivity index (χ1n) is 9.48. The van der Waals surface area contributed by atoms with Gasteiger partial charge in [0.1, 0.15) is 12.0 Å². The van der Waals surface area contributed by atoms with Crippen molar-refractivity contribution >= 4 is 10.0 Å². The van der Waals surface area contributed by atoms with Crippen molar-refractivity contribution in [3.63, 3.8) is 0 Å². The van der Waals surface area contributed by atoms with Crippen molar-refractivity contribution in [1.82, 2.24) is 9.21 Å². The number of ether oxygens (including phenoxy) is 1. The van der Waals surface area contributed by atoms with Crippen LogP contribution in [-0.4, -0.2) is 81.0 Å². The lowest BCUT2D eigenvalue weighted by atomic mass is 9.84. The lowest BCUT2D eigenvalue weighted by Gasteiger charge is -2.42. The van der Waals surface area contributed by atoms with Gasteiger partial charge in [-0.15, -0.1) is 0 Å². The predicted octanol–water partition coefficient (Wildman–Crippen LogP) is 0.672. The summed E-state index contributed by atoms with van der Waals surface area (Å²) in [4.78, 5) is 2.33. The average Bonchev–Trinajstić information content (AvgIpc) is 3.16. The van der Waals surface area contributed by atoms with E-state index in [0.29, 0.717) is 38.0 Å². The number of nitrogens with two attached hydrogens (primary N) is 1. The number of halogens is 2. The highest BCUT2D eigenvalue weighted by Crippen LogP contribution is 2.36. The molecule has 7 atom stereocenters. The van der Waals surface area contributed by atoms with Gasteiger partial charge in [-0.2, -0.15) is 0 Å². The Bertz CT molecular complexity index is 730. The molecule has 0 aromatic rings. The third-order valence-electron chi connectivity index (χ3n) is 6.45. The van der Waals surface area contributed by atoms with Crippen LogP contribution in [0.25, 0.3) is 0 Å². The van der Waals surface area contributed by atoms with Crippen LogP contribution in [0.15, 0.2) is 24.1 Å². The molecule has 3 saturated heterocycles. The van der Waals surface area contributed by atoms with Crippen LogP contribution < -0.4 is 5.73 Å². The van der Waals surface area contributed by atoms with E-state index in [2.05, 4.69) is 4.90 Å². The summed E-state index contributed by atoms with van der Waals surface area (Å²) in [5, 5.41) is 0. The topological polar surface area (TPSA) is 75.9 Å². The molecule has 1 aliphatic carbocycles. The maximum atomic E-state index is 14.2. The van der Waals surface area contributed by atoms with Gasteiger partial charge in [0.2, 0.25) is 10.0 Å². The van der Waals surface area contributed by atoms with E-state index in [1.807, 2.05) is 0 Å². The zero-order chi connectivity index (χ0) is 19.3. The van der Waals surface area contributed by atoms with Crippen LogP contribution in [-0.2, 0) is 14.8 Å². The van der Waals surface area contributed by atoms with Crippen molar-refractivity contribution in [3.8, 4) is 0 Å². The summed E-state index contributed by atoms with van der Waals surface area (Å²) < 4.78 is 58.6. The Labute approximate surface area is 159 Å². The fraction of sp³-hybridized carbons (Fsp3) is 0.778. The molecular weight excluding hydrogens is 376 g/mol. The lowest BCUT2D eigenvalue weighted by molar-refractivity contribution is -0.0722. The summed E-state index contributed by atoms with van der Waals surface area (Å²) in [6.07, 6.45) is 3.74. The van der Waals surface area contributed by atoms with Crippen LogP contribution in [0.5, 0.6) is 0 Å². The van der Waals surface area contributed by atoms with Gasteiger partial charge in [-0.25, -0.2) is 21.5 Å². The molecule has 0 bridgehead atoms. The number of nitrogens with zero attached hydrogens (tertiary/aromatic N) is 2. The first-order valence-corrected chi connectivity index (χ1v) is 11.3. The molecule has 7 unspecified atom stereocenters. The van der Waals surface area contributed by atoms with Gasteiger partial charge in [0, 0.05) is 44.2 Å². The fourth-order valence-corrected chi connectivity index (χ4v) is 5.91. The number of alkyl halides is 1. The zero-order valence-corrected chi connectivity index (χ0v) is 16.2. The van der Waals surface area contributed by atoms with Gasteiger partial charge in [-0.1, -0.05) is 0 Å². The number of likely N-dealkylation sites (tertiary alicyclic amines) is 1. The molecule has 0 aromatic carbocycles. The van der Waals surface area contributed by atoms with Crippen molar-refractivity contribution in [3.05, 3.63) is 24.1 Å². The molecule has 6 nitrogen and oxygen atoms in total. The summed E-state index contributed by atoms with van der Waals surface area (Å²) in [6, 6.07) is -0.227. The lowest BCUT2D eigenvalue weighted by Crippen LogP contribution is -2.55. The van der Waals surface area contributed by atoms with Crippen molar-refractivity contribution in [1.29, 1.82) is 0 Å². The molecule has 0 spiro atoms. The van der Waals surface area contributed by atoms with Gasteiger partial charge in [-0.05, 0) is 36.5 Å². The Hall–Kier alpha value is -0.870. The summed E-state index contributed by atoms with van der Waals surface area (Å²) in [5.41, 5.74) is 6.29. The fourth-order valence-electron chi connectivity index (χ4n) is 4.99. The summed E-state index contributed by atoms with van der Waals surface area (Å²) in [6.45, 7) is 3.24. The van der Waals surface area contributed by atoms with Gasteiger partial charge in [-0.3, -0.25) is 4.90 Å². The van der Waals surface area contributed by atoms with E-state index in [-0.39, 0.29) is 12.1 Å². The Morgan fingerprint density at radius 3 is 2.48 bits per heavy atom. The van der Waals surface area contributed by atoms with Gasteiger partial charge in [0.05, 0.1) is 19.0 Å². The maximum Gasteiger partial charge on any atom is 0.211 e. The van der Waals surface area contributed by atoms with Gasteiger partial charge < -0.3 is 10.5 Å². The maximum absolute atomic E-state index is 14.2. The third-order valence-corrected chi connectivity index (χ3v) is 7.69. The van der Waals surface area contributed by atoms with E-state index in [1.54, 1.807) is 4.31 Å². The molecule has 0 aromatic heterocycles. The van der Waals surface area contributed by atoms with E-state index >= 15 is 0 Å². The predicted molar refractivity (Wildman–Crippen MR) is 97.8 cm³/mol. The van der Waals surface area contributed by atoms with E-state index in [0.717, 1.165) is 19.2 Å². The second kappa shape index (κ2) is 7.18. The number of rotatable bonds is 3. The van der Waals surface area contributed by atoms with Crippen LogP contribution in [0.4, 0.5) is 8.78 Å². The van der Waals surface area contributed by atoms with Gasteiger partial charge in [0.15, 0.2) is 0 Å². The number of allylic oxidation sites excluding steroid dienone is 3. The van der Waals surface area contributed by atoms with E-state index in [1.165, 1.54) is 18.4 Å². The first kappa shape index (κ1) is 19.4. The molecule has 2 N–H and O–H groups in total. The van der Waals surface area contributed by atoms with E-state index in [4.69, 9.17) is 10.5 Å². The normalized spacial score (nSPS) is 43.7. The average molecular weight is 403 g/mol. The van der Waals surface area contributed by atoms with E-state index in [9.17, 15) is 17.2 Å². The third kappa shape index (κ3) is 3.85. The molecule has 4 rings (SSSR count). The Kier molecular flexibility index (Phi) is 5.17. The zero-order valence-electron chi connectivity index (χ0n) is 15.4. The molecule has 3 heterocycles. The van der Waals surface area contributed by atoms with E-state index < -0.39 is 34.0 Å². The molecule has 27 heavy (non-hydrogen) atoms. The summed E-state index contributed by atoms with van der Waals surface area (Å²) >= 11 is 0. The molecule has 152 valence electrons. The second-order valence-electron chi connectivity index (χ2n) is 8.34. The van der Waals surface area contributed by atoms with Crippen molar-refractivity contribution < 1.29 is 21.9 Å². The SMILES string of the molecule is CS(=O)(=O)N1CC2CN(C3COC(C4C=C(F)C=CC4F)C(N)C3)CC2C1. The molecule has 9 heteroatoms. The molecular formula is C18H27F2N3O3S. The van der Waals surface area contributed by atoms with Gasteiger partial charge >= 0.3 is 0 Å². The van der Waals surface area contributed by atoms with Crippen LogP contribution in [0, 0.1) is 17.8 Å². The number of sulfonamides is 1. The standard InChI is InChI=1S/C18H27F2N3O3S/c1-27(24,25)23-8-11-6-22(7-12(11)9-23)14-5-17(21)18(26-10-14)15-4-13(19)2-3-16(15)20/h2-4,11-12,14-18H,5-10,21H2,1H3. The second-order valence-corrected chi connectivity index (χ2v) is 10.3. The molecule has 0 saturated carbocycles. The highest BCUT2D eigenvalue weighted by molar-refractivity contribution is 7.88. The highest BCUT2D eigenvalue weighted by atomic mass is 32.2. The first-order chi connectivity index (χ1) is 12.7. The Balaban J connectivity index is 1.34. The minimum Gasteiger partial charge on any atom is -0.374 e. The van der Waals surface area contributed by atoms with Crippen LogP contribution >= 0.6 is 0 Å². The minimum atomic E-state index is -3.13.